The van der Waals surface area contributed by atoms with Crippen LogP contribution < -0.4 is 9.47 Å². The van der Waals surface area contributed by atoms with Gasteiger partial charge in [-0.05, 0) is 36.4 Å². The van der Waals surface area contributed by atoms with E-state index in [1.807, 2.05) is 42.5 Å². The number of hydrogen-bond acceptors (Lipinski definition) is 2. The van der Waals surface area contributed by atoms with E-state index in [1.165, 1.54) is 0 Å². The number of fused-ring (bicyclic) bond motifs is 1. The quantitative estimate of drug-likeness (QED) is 0.769. The highest BCUT2D eigenvalue weighted by atomic mass is 35.5. The number of benzene rings is 2. The van der Waals surface area contributed by atoms with E-state index in [2.05, 4.69) is 4.98 Å². The van der Waals surface area contributed by atoms with Crippen molar-refractivity contribution in [2.75, 3.05) is 14.2 Å². The lowest BCUT2D eigenvalue weighted by molar-refractivity contribution is 0.355. The van der Waals surface area contributed by atoms with Crippen LogP contribution in [0.2, 0.25) is 5.02 Å². The van der Waals surface area contributed by atoms with Crippen LogP contribution in [0.3, 0.4) is 0 Å². The minimum Gasteiger partial charge on any atom is -0.493 e. The minimum atomic E-state index is 0.703. The first-order valence-electron chi connectivity index (χ1n) is 6.22. The molecule has 0 spiro atoms. The van der Waals surface area contributed by atoms with Crippen LogP contribution in [0.15, 0.2) is 42.5 Å². The fraction of sp³-hybridized carbons (Fsp3) is 0.125. The van der Waals surface area contributed by atoms with Gasteiger partial charge in [-0.1, -0.05) is 17.7 Å². The molecule has 0 radical (unpaired) electrons. The van der Waals surface area contributed by atoms with E-state index in [0.29, 0.717) is 11.5 Å². The van der Waals surface area contributed by atoms with Crippen molar-refractivity contribution in [2.45, 2.75) is 0 Å². The SMILES string of the molecule is COc1ccc(-c2cc3c(Cl)cccc3[nH]2)cc1OC. The van der Waals surface area contributed by atoms with Gasteiger partial charge in [-0.2, -0.15) is 0 Å². The largest absolute Gasteiger partial charge is 0.493 e. The first-order valence-corrected chi connectivity index (χ1v) is 6.60. The lowest BCUT2D eigenvalue weighted by Crippen LogP contribution is -1.90. The summed E-state index contributed by atoms with van der Waals surface area (Å²) in [4.78, 5) is 3.36. The van der Waals surface area contributed by atoms with Gasteiger partial charge in [0, 0.05) is 27.2 Å². The summed E-state index contributed by atoms with van der Waals surface area (Å²) in [5, 5.41) is 1.75. The lowest BCUT2D eigenvalue weighted by Gasteiger charge is -2.08. The monoisotopic (exact) mass is 287 g/mol. The van der Waals surface area contributed by atoms with Gasteiger partial charge in [0.05, 0.1) is 14.2 Å². The smallest absolute Gasteiger partial charge is 0.161 e. The number of halogens is 1. The molecule has 0 amide bonds. The highest BCUT2D eigenvalue weighted by Gasteiger charge is 2.09. The number of ether oxygens (including phenoxy) is 2. The third kappa shape index (κ3) is 2.10. The van der Waals surface area contributed by atoms with Gasteiger partial charge < -0.3 is 14.5 Å². The van der Waals surface area contributed by atoms with Gasteiger partial charge in [-0.15, -0.1) is 0 Å². The molecule has 1 aromatic heterocycles. The van der Waals surface area contributed by atoms with E-state index in [9.17, 15) is 0 Å². The molecule has 0 fully saturated rings. The molecule has 0 aliphatic heterocycles. The molecule has 0 aliphatic rings. The molecule has 2 aromatic carbocycles. The Hall–Kier alpha value is -2.13. The molecule has 102 valence electrons. The Kier molecular flexibility index (Phi) is 3.28. The van der Waals surface area contributed by atoms with Crippen molar-refractivity contribution in [3.63, 3.8) is 0 Å². The van der Waals surface area contributed by atoms with Crippen molar-refractivity contribution in [1.29, 1.82) is 0 Å². The summed E-state index contributed by atoms with van der Waals surface area (Å²) in [6.45, 7) is 0. The highest BCUT2D eigenvalue weighted by molar-refractivity contribution is 6.35. The number of aromatic amines is 1. The standard InChI is InChI=1S/C16H14ClNO2/c1-19-15-7-6-10(8-16(15)20-2)14-9-11-12(17)4-3-5-13(11)18-14/h3-9,18H,1-2H3. The Morgan fingerprint density at radius 1 is 0.950 bits per heavy atom. The molecule has 0 bridgehead atoms. The van der Waals surface area contributed by atoms with Crippen molar-refractivity contribution >= 4 is 22.5 Å². The van der Waals surface area contributed by atoms with Gasteiger partial charge in [0.1, 0.15) is 0 Å². The lowest BCUT2D eigenvalue weighted by atomic mass is 10.1. The summed E-state index contributed by atoms with van der Waals surface area (Å²) in [5.41, 5.74) is 3.03. The van der Waals surface area contributed by atoms with Gasteiger partial charge in [0.2, 0.25) is 0 Å². The van der Waals surface area contributed by atoms with Crippen molar-refractivity contribution in [3.05, 3.63) is 47.5 Å². The van der Waals surface area contributed by atoms with Crippen LogP contribution in [-0.2, 0) is 0 Å². The first kappa shape index (κ1) is 12.9. The second-order valence-corrected chi connectivity index (χ2v) is 4.86. The fourth-order valence-electron chi connectivity index (χ4n) is 2.28. The van der Waals surface area contributed by atoms with Gasteiger partial charge in [0.15, 0.2) is 11.5 Å². The topological polar surface area (TPSA) is 34.2 Å². The molecule has 3 nitrogen and oxygen atoms in total. The van der Waals surface area contributed by atoms with Crippen LogP contribution >= 0.6 is 11.6 Å². The minimum absolute atomic E-state index is 0.703. The average Bonchev–Trinajstić information content (AvgIpc) is 2.92. The number of H-pyrrole nitrogens is 1. The fourth-order valence-corrected chi connectivity index (χ4v) is 2.51. The zero-order chi connectivity index (χ0) is 14.1. The van der Waals surface area contributed by atoms with Crippen molar-refractivity contribution in [1.82, 2.24) is 4.98 Å². The molecule has 3 aromatic rings. The number of hydrogen-bond donors (Lipinski definition) is 1. The molecule has 0 atom stereocenters. The maximum atomic E-state index is 6.20. The predicted molar refractivity (Wildman–Crippen MR) is 81.8 cm³/mol. The van der Waals surface area contributed by atoms with Gasteiger partial charge in [-0.3, -0.25) is 0 Å². The Morgan fingerprint density at radius 2 is 1.75 bits per heavy atom. The summed E-state index contributed by atoms with van der Waals surface area (Å²) in [7, 11) is 3.25. The molecule has 1 N–H and O–H groups in total. The summed E-state index contributed by atoms with van der Waals surface area (Å²) in [5.74, 6) is 1.42. The zero-order valence-electron chi connectivity index (χ0n) is 11.2. The van der Waals surface area contributed by atoms with Crippen LogP contribution in [0.4, 0.5) is 0 Å². The normalized spacial score (nSPS) is 10.8. The third-order valence-electron chi connectivity index (χ3n) is 3.31. The molecule has 3 rings (SSSR count). The van der Waals surface area contributed by atoms with Crippen molar-refractivity contribution in [3.8, 4) is 22.8 Å². The number of methoxy groups -OCH3 is 2. The number of nitrogens with one attached hydrogen (secondary N) is 1. The first-order chi connectivity index (χ1) is 9.72. The maximum Gasteiger partial charge on any atom is 0.161 e. The van der Waals surface area contributed by atoms with E-state index >= 15 is 0 Å². The van der Waals surface area contributed by atoms with Crippen LogP contribution in [0.1, 0.15) is 0 Å². The summed E-state index contributed by atoms with van der Waals surface area (Å²) < 4.78 is 10.6. The molecule has 0 unspecified atom stereocenters. The Labute approximate surface area is 122 Å². The Bertz CT molecular complexity index is 764. The molecular weight excluding hydrogens is 274 g/mol. The van der Waals surface area contributed by atoms with Crippen LogP contribution in [0.5, 0.6) is 11.5 Å². The van der Waals surface area contributed by atoms with Crippen LogP contribution in [0, 0.1) is 0 Å². The molecule has 0 saturated heterocycles. The predicted octanol–water partition coefficient (Wildman–Crippen LogP) is 4.51. The van der Waals surface area contributed by atoms with Gasteiger partial charge in [-0.25, -0.2) is 0 Å². The van der Waals surface area contributed by atoms with Crippen LogP contribution in [0.25, 0.3) is 22.2 Å². The van der Waals surface area contributed by atoms with Gasteiger partial charge >= 0.3 is 0 Å². The number of rotatable bonds is 3. The van der Waals surface area contributed by atoms with E-state index in [1.54, 1.807) is 14.2 Å². The highest BCUT2D eigenvalue weighted by Crippen LogP contribution is 2.34. The molecule has 0 aliphatic carbocycles. The average molecular weight is 288 g/mol. The molecule has 20 heavy (non-hydrogen) atoms. The second kappa shape index (κ2) is 5.10. The van der Waals surface area contributed by atoms with Crippen LogP contribution in [-0.4, -0.2) is 19.2 Å². The molecule has 4 heteroatoms. The summed E-state index contributed by atoms with van der Waals surface area (Å²) in [6.07, 6.45) is 0. The number of aromatic nitrogens is 1. The van der Waals surface area contributed by atoms with Gasteiger partial charge in [0.25, 0.3) is 0 Å². The third-order valence-corrected chi connectivity index (χ3v) is 3.64. The molecular formula is C16H14ClNO2. The Morgan fingerprint density at radius 3 is 2.45 bits per heavy atom. The van der Waals surface area contributed by atoms with Crippen molar-refractivity contribution in [2.24, 2.45) is 0 Å². The van der Waals surface area contributed by atoms with E-state index in [4.69, 9.17) is 21.1 Å². The van der Waals surface area contributed by atoms with E-state index in [0.717, 1.165) is 27.2 Å². The molecule has 1 heterocycles. The van der Waals surface area contributed by atoms with E-state index < -0.39 is 0 Å². The Balaban J connectivity index is 2.13. The zero-order valence-corrected chi connectivity index (χ0v) is 12.0. The van der Waals surface area contributed by atoms with E-state index in [-0.39, 0.29) is 0 Å². The summed E-state index contributed by atoms with van der Waals surface area (Å²) in [6, 6.07) is 13.7. The second-order valence-electron chi connectivity index (χ2n) is 4.45. The molecule has 0 saturated carbocycles. The summed E-state index contributed by atoms with van der Waals surface area (Å²) >= 11 is 6.20. The van der Waals surface area contributed by atoms with Crippen molar-refractivity contribution < 1.29 is 9.47 Å². The maximum absolute atomic E-state index is 6.20.